The third-order valence-electron chi connectivity index (χ3n) is 5.11. The average Bonchev–Trinajstić information content (AvgIpc) is 3.28. The van der Waals surface area contributed by atoms with E-state index in [-0.39, 0.29) is 0 Å². The van der Waals surface area contributed by atoms with Gasteiger partial charge in [0.1, 0.15) is 17.5 Å². The normalized spacial score (nSPS) is 15.7. The maximum absolute atomic E-state index is 12.7. The van der Waals surface area contributed by atoms with Crippen molar-refractivity contribution in [3.8, 4) is 5.82 Å². The summed E-state index contributed by atoms with van der Waals surface area (Å²) in [6.07, 6.45) is 5.53. The number of anilines is 1. The Hall–Kier alpha value is -2.97. The first-order valence-electron chi connectivity index (χ1n) is 9.90. The lowest BCUT2D eigenvalue weighted by molar-refractivity contribution is 0.388. The summed E-state index contributed by atoms with van der Waals surface area (Å²) in [6.45, 7) is 5.88. The SMILES string of the molecule is Cc1ccc(/C=C/S(=O)(=O)N2CCN(c3cc(-n4cccc4)nc(C)n3)CC2)cc1. The van der Waals surface area contributed by atoms with E-state index in [0.717, 1.165) is 22.8 Å². The first-order valence-corrected chi connectivity index (χ1v) is 11.4. The maximum Gasteiger partial charge on any atom is 0.236 e. The summed E-state index contributed by atoms with van der Waals surface area (Å²) in [6, 6.07) is 13.6. The van der Waals surface area contributed by atoms with Crippen LogP contribution < -0.4 is 4.90 Å². The lowest BCUT2D eigenvalue weighted by Gasteiger charge is -2.34. The summed E-state index contributed by atoms with van der Waals surface area (Å²) >= 11 is 0. The van der Waals surface area contributed by atoms with Crippen LogP contribution >= 0.6 is 0 Å². The van der Waals surface area contributed by atoms with Gasteiger partial charge in [0.05, 0.1) is 0 Å². The predicted octanol–water partition coefficient (Wildman–Crippen LogP) is 3.01. The minimum atomic E-state index is -3.46. The molecular formula is C22H25N5O2S. The number of aromatic nitrogens is 3. The van der Waals surface area contributed by atoms with Gasteiger partial charge in [-0.3, -0.25) is 0 Å². The highest BCUT2D eigenvalue weighted by molar-refractivity contribution is 7.92. The molecule has 1 aliphatic heterocycles. The number of sulfonamides is 1. The maximum atomic E-state index is 12.7. The highest BCUT2D eigenvalue weighted by atomic mass is 32.2. The fourth-order valence-corrected chi connectivity index (χ4v) is 4.59. The van der Waals surface area contributed by atoms with Gasteiger partial charge in [0, 0.05) is 50.0 Å². The van der Waals surface area contributed by atoms with Gasteiger partial charge in [-0.15, -0.1) is 0 Å². The Morgan fingerprint density at radius 1 is 0.900 bits per heavy atom. The van der Waals surface area contributed by atoms with Crippen LogP contribution in [0.1, 0.15) is 17.0 Å². The summed E-state index contributed by atoms with van der Waals surface area (Å²) in [5, 5.41) is 1.30. The van der Waals surface area contributed by atoms with Crippen LogP contribution in [0.15, 0.2) is 60.3 Å². The van der Waals surface area contributed by atoms with Crippen LogP contribution in [0.4, 0.5) is 5.82 Å². The molecule has 1 saturated heterocycles. The summed E-state index contributed by atoms with van der Waals surface area (Å²) in [4.78, 5) is 11.2. The Balaban J connectivity index is 1.44. The summed E-state index contributed by atoms with van der Waals surface area (Å²) in [7, 11) is -3.46. The molecule has 30 heavy (non-hydrogen) atoms. The van der Waals surface area contributed by atoms with Crippen molar-refractivity contribution in [3.63, 3.8) is 0 Å². The molecule has 8 heteroatoms. The monoisotopic (exact) mass is 423 g/mol. The van der Waals surface area contributed by atoms with Gasteiger partial charge < -0.3 is 9.47 Å². The van der Waals surface area contributed by atoms with Crippen molar-refractivity contribution in [2.24, 2.45) is 0 Å². The molecule has 0 radical (unpaired) electrons. The molecule has 4 rings (SSSR count). The Bertz CT molecular complexity index is 1130. The molecule has 0 spiro atoms. The molecule has 3 aromatic rings. The van der Waals surface area contributed by atoms with Crippen molar-refractivity contribution in [3.05, 3.63) is 77.2 Å². The first-order chi connectivity index (χ1) is 14.4. The van der Waals surface area contributed by atoms with E-state index in [1.807, 2.05) is 73.3 Å². The minimum absolute atomic E-state index is 0.419. The number of aryl methyl sites for hydroxylation is 2. The predicted molar refractivity (Wildman–Crippen MR) is 119 cm³/mol. The molecule has 0 aliphatic carbocycles. The van der Waals surface area contributed by atoms with Crippen molar-refractivity contribution < 1.29 is 8.42 Å². The van der Waals surface area contributed by atoms with Gasteiger partial charge in [0.25, 0.3) is 0 Å². The molecule has 1 aliphatic rings. The zero-order chi connectivity index (χ0) is 21.1. The molecular weight excluding hydrogens is 398 g/mol. The van der Waals surface area contributed by atoms with E-state index in [1.54, 1.807) is 6.08 Å². The standard InChI is InChI=1S/C22H25N5O2S/c1-18-5-7-20(8-6-18)9-16-30(28,29)27-14-12-26(13-15-27)22-17-21(23-19(2)24-22)25-10-3-4-11-25/h3-11,16-17H,12-15H2,1-2H3/b16-9+. The fourth-order valence-electron chi connectivity index (χ4n) is 3.42. The Kier molecular flexibility index (Phi) is 5.69. The highest BCUT2D eigenvalue weighted by Gasteiger charge is 2.26. The summed E-state index contributed by atoms with van der Waals surface area (Å²) < 4.78 is 28.9. The summed E-state index contributed by atoms with van der Waals surface area (Å²) in [5.74, 6) is 2.31. The third-order valence-corrected chi connectivity index (χ3v) is 6.68. The van der Waals surface area contributed by atoms with Crippen LogP contribution in [-0.4, -0.2) is 53.4 Å². The van der Waals surface area contributed by atoms with Gasteiger partial charge in [-0.1, -0.05) is 29.8 Å². The van der Waals surface area contributed by atoms with Crippen LogP contribution in [-0.2, 0) is 10.0 Å². The van der Waals surface area contributed by atoms with Crippen molar-refractivity contribution in [2.75, 3.05) is 31.1 Å². The van der Waals surface area contributed by atoms with Crippen molar-refractivity contribution in [2.45, 2.75) is 13.8 Å². The Labute approximate surface area is 177 Å². The number of hydrogen-bond acceptors (Lipinski definition) is 5. The quantitative estimate of drug-likeness (QED) is 0.631. The van der Waals surface area contributed by atoms with E-state index in [1.165, 1.54) is 9.71 Å². The van der Waals surface area contributed by atoms with E-state index < -0.39 is 10.0 Å². The number of hydrogen-bond donors (Lipinski definition) is 0. The van der Waals surface area contributed by atoms with Gasteiger partial charge in [0.2, 0.25) is 10.0 Å². The second kappa shape index (κ2) is 8.41. The molecule has 156 valence electrons. The molecule has 1 aromatic carbocycles. The number of piperazine rings is 1. The number of benzene rings is 1. The van der Waals surface area contributed by atoms with Crippen LogP contribution in [0, 0.1) is 13.8 Å². The van der Waals surface area contributed by atoms with Gasteiger partial charge in [-0.05, 0) is 37.6 Å². The van der Waals surface area contributed by atoms with Gasteiger partial charge in [0.15, 0.2) is 0 Å². The van der Waals surface area contributed by atoms with Crippen molar-refractivity contribution in [1.82, 2.24) is 18.8 Å². The van der Waals surface area contributed by atoms with Crippen LogP contribution in [0.5, 0.6) is 0 Å². The molecule has 1 fully saturated rings. The molecule has 2 aromatic heterocycles. The topological polar surface area (TPSA) is 71.3 Å². The Morgan fingerprint density at radius 2 is 1.53 bits per heavy atom. The molecule has 0 N–H and O–H groups in total. The lowest BCUT2D eigenvalue weighted by Crippen LogP contribution is -2.48. The van der Waals surface area contributed by atoms with Crippen LogP contribution in [0.3, 0.4) is 0 Å². The second-order valence-corrected chi connectivity index (χ2v) is 9.18. The van der Waals surface area contributed by atoms with E-state index in [9.17, 15) is 8.42 Å². The highest BCUT2D eigenvalue weighted by Crippen LogP contribution is 2.19. The number of rotatable bonds is 5. The lowest BCUT2D eigenvalue weighted by atomic mass is 10.2. The van der Waals surface area contributed by atoms with E-state index >= 15 is 0 Å². The Morgan fingerprint density at radius 3 is 2.20 bits per heavy atom. The van der Waals surface area contributed by atoms with Gasteiger partial charge >= 0.3 is 0 Å². The van der Waals surface area contributed by atoms with E-state index in [0.29, 0.717) is 32.0 Å². The van der Waals surface area contributed by atoms with Crippen molar-refractivity contribution >= 4 is 21.9 Å². The van der Waals surface area contributed by atoms with Crippen LogP contribution in [0.25, 0.3) is 11.9 Å². The molecule has 0 unspecified atom stereocenters. The minimum Gasteiger partial charge on any atom is -0.354 e. The molecule has 0 bridgehead atoms. The zero-order valence-electron chi connectivity index (χ0n) is 17.1. The van der Waals surface area contributed by atoms with E-state index in [2.05, 4.69) is 14.9 Å². The fraction of sp³-hybridized carbons (Fsp3) is 0.273. The molecule has 0 amide bonds. The molecule has 0 atom stereocenters. The average molecular weight is 424 g/mol. The summed E-state index contributed by atoms with van der Waals surface area (Å²) in [5.41, 5.74) is 2.02. The first kappa shape index (κ1) is 20.3. The zero-order valence-corrected chi connectivity index (χ0v) is 18.0. The van der Waals surface area contributed by atoms with E-state index in [4.69, 9.17) is 0 Å². The molecule has 3 heterocycles. The van der Waals surface area contributed by atoms with Gasteiger partial charge in [-0.25, -0.2) is 18.4 Å². The van der Waals surface area contributed by atoms with Crippen LogP contribution in [0.2, 0.25) is 0 Å². The van der Waals surface area contributed by atoms with Crippen molar-refractivity contribution in [1.29, 1.82) is 0 Å². The number of nitrogens with zero attached hydrogens (tertiary/aromatic N) is 5. The smallest absolute Gasteiger partial charge is 0.236 e. The molecule has 0 saturated carbocycles. The third kappa shape index (κ3) is 4.60. The van der Waals surface area contributed by atoms with Gasteiger partial charge in [-0.2, -0.15) is 4.31 Å². The largest absolute Gasteiger partial charge is 0.354 e. The molecule has 7 nitrogen and oxygen atoms in total. The second-order valence-electron chi connectivity index (χ2n) is 7.37.